The number of amides is 2. The van der Waals surface area contributed by atoms with Crippen LogP contribution in [0, 0.1) is 11.8 Å². The summed E-state index contributed by atoms with van der Waals surface area (Å²) in [4.78, 5) is 27.1. The van der Waals surface area contributed by atoms with Gasteiger partial charge in [0.05, 0.1) is 0 Å². The molecule has 120 valence electrons. The fraction of sp³-hybridized carbons (Fsp3) is 0.875. The number of fused-ring (bicyclic) bond motifs is 1. The van der Waals surface area contributed by atoms with E-state index >= 15 is 0 Å². The minimum absolute atomic E-state index is 0.0299. The minimum Gasteiger partial charge on any atom is -0.480 e. The Kier molecular flexibility index (Phi) is 5.48. The maximum Gasteiger partial charge on any atom is 0.323 e. The predicted octanol–water partition coefficient (Wildman–Crippen LogP) is 2.80. The summed E-state index contributed by atoms with van der Waals surface area (Å²) in [5.41, 5.74) is 0. The molecule has 0 radical (unpaired) electrons. The van der Waals surface area contributed by atoms with Crippen molar-refractivity contribution in [2.45, 2.75) is 58.4 Å². The molecule has 0 spiro atoms. The fourth-order valence-corrected chi connectivity index (χ4v) is 3.73. The van der Waals surface area contributed by atoms with Gasteiger partial charge >= 0.3 is 12.0 Å². The highest BCUT2D eigenvalue weighted by Crippen LogP contribution is 2.36. The van der Waals surface area contributed by atoms with E-state index in [0.717, 1.165) is 31.8 Å². The third-order valence-electron chi connectivity index (χ3n) is 5.24. The molecular weight excluding hydrogens is 268 g/mol. The lowest BCUT2D eigenvalue weighted by atomic mass is 9.75. The molecule has 5 nitrogen and oxygen atoms in total. The predicted molar refractivity (Wildman–Crippen MR) is 81.1 cm³/mol. The van der Waals surface area contributed by atoms with Crippen LogP contribution in [0.2, 0.25) is 0 Å². The molecular formula is C16H28N2O3. The molecule has 5 heteroatoms. The third kappa shape index (κ3) is 3.89. The maximum absolute atomic E-state index is 12.7. The van der Waals surface area contributed by atoms with Crippen molar-refractivity contribution in [2.24, 2.45) is 11.8 Å². The average molecular weight is 296 g/mol. The number of hydrogen-bond donors (Lipinski definition) is 1. The van der Waals surface area contributed by atoms with Crippen LogP contribution < -0.4 is 0 Å². The van der Waals surface area contributed by atoms with Crippen molar-refractivity contribution in [2.75, 3.05) is 19.6 Å². The molecule has 2 fully saturated rings. The highest BCUT2D eigenvalue weighted by molar-refractivity contribution is 5.80. The molecule has 0 aromatic rings. The van der Waals surface area contributed by atoms with E-state index in [1.807, 2.05) is 18.7 Å². The van der Waals surface area contributed by atoms with Gasteiger partial charge < -0.3 is 14.9 Å². The van der Waals surface area contributed by atoms with Crippen LogP contribution in [0.4, 0.5) is 4.79 Å². The maximum atomic E-state index is 12.7. The van der Waals surface area contributed by atoms with E-state index < -0.39 is 5.97 Å². The second-order valence-corrected chi connectivity index (χ2v) is 6.60. The first kappa shape index (κ1) is 16.1. The zero-order valence-corrected chi connectivity index (χ0v) is 13.3. The van der Waals surface area contributed by atoms with Crippen molar-refractivity contribution in [3.8, 4) is 0 Å². The quantitative estimate of drug-likeness (QED) is 0.867. The summed E-state index contributed by atoms with van der Waals surface area (Å²) < 4.78 is 0. The Morgan fingerprint density at radius 1 is 1.24 bits per heavy atom. The van der Waals surface area contributed by atoms with Crippen LogP contribution in [0.15, 0.2) is 0 Å². The number of carbonyl (C=O) groups excluding carboxylic acids is 1. The summed E-state index contributed by atoms with van der Waals surface area (Å²) in [6.45, 7) is 5.31. The van der Waals surface area contributed by atoms with Crippen molar-refractivity contribution in [1.82, 2.24) is 9.80 Å². The molecule has 2 aliphatic rings. The summed E-state index contributed by atoms with van der Waals surface area (Å²) in [5, 5.41) is 9.05. The summed E-state index contributed by atoms with van der Waals surface area (Å²) in [6.07, 6.45) is 6.98. The van der Waals surface area contributed by atoms with Gasteiger partial charge in [0, 0.05) is 19.1 Å². The van der Waals surface area contributed by atoms with Gasteiger partial charge in [-0.05, 0) is 38.0 Å². The molecule has 2 rings (SSSR count). The normalized spacial score (nSPS) is 26.9. The van der Waals surface area contributed by atoms with Crippen molar-refractivity contribution in [3.05, 3.63) is 0 Å². The van der Waals surface area contributed by atoms with Gasteiger partial charge in [-0.25, -0.2) is 4.79 Å². The second-order valence-electron chi connectivity index (χ2n) is 6.60. The van der Waals surface area contributed by atoms with Crippen LogP contribution in [0.25, 0.3) is 0 Å². The van der Waals surface area contributed by atoms with Gasteiger partial charge in [0.1, 0.15) is 6.54 Å². The number of piperidine rings is 1. The van der Waals surface area contributed by atoms with E-state index in [-0.39, 0.29) is 18.6 Å². The molecule has 0 bridgehead atoms. The van der Waals surface area contributed by atoms with Crippen LogP contribution in [-0.4, -0.2) is 52.6 Å². The molecule has 0 aromatic carbocycles. The number of carbonyl (C=O) groups is 2. The van der Waals surface area contributed by atoms with Gasteiger partial charge in [-0.15, -0.1) is 0 Å². The lowest BCUT2D eigenvalue weighted by molar-refractivity contribution is -0.138. The topological polar surface area (TPSA) is 60.9 Å². The highest BCUT2D eigenvalue weighted by Gasteiger charge is 2.35. The molecule has 1 saturated heterocycles. The van der Waals surface area contributed by atoms with E-state index in [2.05, 4.69) is 0 Å². The number of urea groups is 1. The molecule has 1 aliphatic heterocycles. The number of likely N-dealkylation sites (tertiary alicyclic amines) is 1. The van der Waals surface area contributed by atoms with Crippen LogP contribution in [0.1, 0.15) is 52.4 Å². The van der Waals surface area contributed by atoms with E-state index in [1.165, 1.54) is 30.6 Å². The van der Waals surface area contributed by atoms with Gasteiger partial charge in [-0.1, -0.05) is 26.2 Å². The number of nitrogens with zero attached hydrogens (tertiary/aromatic N) is 2. The van der Waals surface area contributed by atoms with Crippen molar-refractivity contribution >= 4 is 12.0 Å². The molecule has 2 amide bonds. The Balaban J connectivity index is 2.01. The standard InChI is InChI=1S/C16H28N2O3/c1-3-12(2)18(11-15(19)20)16(21)17-9-8-13-6-4-5-7-14(13)10-17/h12-14H,3-11H2,1-2H3,(H,19,20). The first-order chi connectivity index (χ1) is 10.0. The number of aliphatic carboxylic acids is 1. The minimum atomic E-state index is -0.934. The Bertz CT molecular complexity index is 386. The molecule has 1 saturated carbocycles. The molecule has 21 heavy (non-hydrogen) atoms. The van der Waals surface area contributed by atoms with Gasteiger partial charge in [0.2, 0.25) is 0 Å². The first-order valence-corrected chi connectivity index (χ1v) is 8.30. The monoisotopic (exact) mass is 296 g/mol. The van der Waals surface area contributed by atoms with Crippen molar-refractivity contribution in [3.63, 3.8) is 0 Å². The Morgan fingerprint density at radius 3 is 2.52 bits per heavy atom. The zero-order valence-electron chi connectivity index (χ0n) is 13.3. The largest absolute Gasteiger partial charge is 0.480 e. The summed E-state index contributed by atoms with van der Waals surface area (Å²) >= 11 is 0. The van der Waals surface area contributed by atoms with Crippen molar-refractivity contribution < 1.29 is 14.7 Å². The number of carboxylic acid groups (broad SMARTS) is 1. The average Bonchev–Trinajstić information content (AvgIpc) is 2.50. The fourth-order valence-electron chi connectivity index (χ4n) is 3.73. The first-order valence-electron chi connectivity index (χ1n) is 8.30. The molecule has 1 N–H and O–H groups in total. The smallest absolute Gasteiger partial charge is 0.323 e. The van der Waals surface area contributed by atoms with E-state index in [4.69, 9.17) is 5.11 Å². The summed E-state index contributed by atoms with van der Waals surface area (Å²) in [5.74, 6) is 0.468. The number of carboxylic acids is 1. The molecule has 0 aromatic heterocycles. The Labute approximate surface area is 127 Å². The number of hydrogen-bond acceptors (Lipinski definition) is 2. The van der Waals surface area contributed by atoms with Crippen LogP contribution in [0.5, 0.6) is 0 Å². The van der Waals surface area contributed by atoms with Gasteiger partial charge in [-0.3, -0.25) is 4.79 Å². The molecule has 1 heterocycles. The molecule has 3 atom stereocenters. The second kappa shape index (κ2) is 7.14. The lowest BCUT2D eigenvalue weighted by Crippen LogP contribution is -2.53. The number of rotatable bonds is 4. The Morgan fingerprint density at radius 2 is 1.90 bits per heavy atom. The molecule has 1 aliphatic carbocycles. The van der Waals surface area contributed by atoms with Crippen LogP contribution >= 0.6 is 0 Å². The van der Waals surface area contributed by atoms with Gasteiger partial charge in [0.15, 0.2) is 0 Å². The van der Waals surface area contributed by atoms with E-state index in [1.54, 1.807) is 0 Å². The molecule has 3 unspecified atom stereocenters. The highest BCUT2D eigenvalue weighted by atomic mass is 16.4. The van der Waals surface area contributed by atoms with Gasteiger partial charge in [-0.2, -0.15) is 0 Å². The van der Waals surface area contributed by atoms with E-state index in [9.17, 15) is 9.59 Å². The summed E-state index contributed by atoms with van der Waals surface area (Å²) in [6, 6.07) is -0.117. The third-order valence-corrected chi connectivity index (χ3v) is 5.24. The van der Waals surface area contributed by atoms with Crippen molar-refractivity contribution in [1.29, 1.82) is 0 Å². The zero-order chi connectivity index (χ0) is 15.4. The van der Waals surface area contributed by atoms with Crippen LogP contribution in [-0.2, 0) is 4.79 Å². The van der Waals surface area contributed by atoms with Crippen LogP contribution in [0.3, 0.4) is 0 Å². The van der Waals surface area contributed by atoms with Gasteiger partial charge in [0.25, 0.3) is 0 Å². The summed E-state index contributed by atoms with van der Waals surface area (Å²) in [7, 11) is 0. The SMILES string of the molecule is CCC(C)N(CC(=O)O)C(=O)N1CCC2CCCCC2C1. The Hall–Kier alpha value is -1.26. The lowest BCUT2D eigenvalue weighted by Gasteiger charge is -2.43. The van der Waals surface area contributed by atoms with E-state index in [0.29, 0.717) is 5.92 Å².